The van der Waals surface area contributed by atoms with Crippen LogP contribution in [0.1, 0.15) is 58.3 Å². The van der Waals surface area contributed by atoms with Gasteiger partial charge in [0, 0.05) is 24.2 Å². The lowest BCUT2D eigenvalue weighted by molar-refractivity contribution is 0.970. The van der Waals surface area contributed by atoms with Gasteiger partial charge < -0.3 is 11.5 Å². The van der Waals surface area contributed by atoms with Crippen LogP contribution in [0.3, 0.4) is 0 Å². The van der Waals surface area contributed by atoms with E-state index in [4.69, 9.17) is 11.5 Å². The number of allylic oxidation sites excluding steroid dienone is 2. The lowest BCUT2D eigenvalue weighted by Crippen LogP contribution is -2.42. The van der Waals surface area contributed by atoms with Gasteiger partial charge in [-0.1, -0.05) is 109 Å². The van der Waals surface area contributed by atoms with Crippen LogP contribution in [0.5, 0.6) is 0 Å². The summed E-state index contributed by atoms with van der Waals surface area (Å²) in [5, 5.41) is 0. The van der Waals surface area contributed by atoms with Crippen LogP contribution in [-0.2, 0) is 13.1 Å². The Hall–Kier alpha value is -3.50. The van der Waals surface area contributed by atoms with Crippen LogP contribution in [0, 0.1) is 0 Å². The van der Waals surface area contributed by atoms with Crippen molar-refractivity contribution in [1.82, 2.24) is 0 Å². The van der Waals surface area contributed by atoms with Crippen LogP contribution in [0.15, 0.2) is 96.1 Å². The summed E-state index contributed by atoms with van der Waals surface area (Å²) in [6.45, 7) is 11.0. The summed E-state index contributed by atoms with van der Waals surface area (Å²) in [5.41, 5.74) is 29.3. The summed E-state index contributed by atoms with van der Waals surface area (Å²) in [7, 11) is -2.02. The van der Waals surface area contributed by atoms with E-state index in [1.165, 1.54) is 66.8 Å². The minimum absolute atomic E-state index is 0.424. The molecule has 4 N–H and O–H groups in total. The van der Waals surface area contributed by atoms with Crippen molar-refractivity contribution in [2.24, 2.45) is 11.5 Å². The van der Waals surface area contributed by atoms with Gasteiger partial charge in [-0.3, -0.25) is 0 Å². The van der Waals surface area contributed by atoms with Crippen molar-refractivity contribution in [3.05, 3.63) is 129 Å². The highest BCUT2D eigenvalue weighted by Crippen LogP contribution is 2.55. The Morgan fingerprint density at radius 1 is 0.590 bits per heavy atom. The van der Waals surface area contributed by atoms with Crippen molar-refractivity contribution in [1.29, 1.82) is 0 Å². The van der Waals surface area contributed by atoms with Gasteiger partial charge in [0.1, 0.15) is 0 Å². The fourth-order valence-corrected chi connectivity index (χ4v) is 12.5. The minimum Gasteiger partial charge on any atom is -0.326 e. The number of hydrogen-bond acceptors (Lipinski definition) is 2. The first-order valence-electron chi connectivity index (χ1n) is 14.0. The van der Waals surface area contributed by atoms with E-state index in [0.717, 1.165) is 0 Å². The average Bonchev–Trinajstić information content (AvgIpc) is 3.49. The zero-order valence-electron chi connectivity index (χ0n) is 23.5. The van der Waals surface area contributed by atoms with Crippen LogP contribution >= 0.6 is 0 Å². The molecule has 0 saturated heterocycles. The van der Waals surface area contributed by atoms with Gasteiger partial charge in [-0.25, -0.2) is 0 Å². The van der Waals surface area contributed by atoms with Gasteiger partial charge >= 0.3 is 0 Å². The minimum atomic E-state index is -2.02. The molecular formula is C36H38N2Si. The van der Waals surface area contributed by atoms with Gasteiger partial charge in [0.15, 0.2) is 0 Å². The second-order valence-electron chi connectivity index (χ2n) is 11.9. The third-order valence-corrected chi connectivity index (χ3v) is 13.4. The topological polar surface area (TPSA) is 52.0 Å². The Morgan fingerprint density at radius 2 is 1.00 bits per heavy atom. The lowest BCUT2D eigenvalue weighted by Gasteiger charge is -2.40. The Morgan fingerprint density at radius 3 is 1.41 bits per heavy atom. The molecule has 196 valence electrons. The van der Waals surface area contributed by atoms with Gasteiger partial charge in [0.25, 0.3) is 0 Å². The van der Waals surface area contributed by atoms with E-state index in [2.05, 4.69) is 124 Å². The van der Waals surface area contributed by atoms with Crippen molar-refractivity contribution < 1.29 is 0 Å². The Bertz CT molecular complexity index is 1520. The smallest absolute Gasteiger partial charge is 0.0722 e. The zero-order chi connectivity index (χ0) is 27.3. The molecule has 4 aromatic carbocycles. The highest BCUT2D eigenvalue weighted by atomic mass is 28.3. The summed E-state index contributed by atoms with van der Waals surface area (Å²) in [6.07, 6.45) is 4.88. The molecule has 2 aliphatic rings. The fourth-order valence-electron chi connectivity index (χ4n) is 7.49. The van der Waals surface area contributed by atoms with Crippen molar-refractivity contribution in [2.45, 2.75) is 51.1 Å². The average molecular weight is 527 g/mol. The van der Waals surface area contributed by atoms with E-state index in [1.54, 1.807) is 0 Å². The van der Waals surface area contributed by atoms with E-state index in [0.29, 0.717) is 24.2 Å². The molecule has 0 spiro atoms. The van der Waals surface area contributed by atoms with Crippen molar-refractivity contribution in [3.63, 3.8) is 0 Å². The van der Waals surface area contributed by atoms with E-state index < -0.39 is 8.07 Å². The molecule has 0 aromatic heterocycles. The summed E-state index contributed by atoms with van der Waals surface area (Å²) in [6, 6.07) is 31.2. The van der Waals surface area contributed by atoms with Crippen LogP contribution in [0.4, 0.5) is 0 Å². The molecule has 0 aliphatic heterocycles. The first kappa shape index (κ1) is 25.8. The molecular weight excluding hydrogens is 488 g/mol. The molecule has 0 heterocycles. The maximum atomic E-state index is 6.04. The standard InChI is InChI=1S/C36H38N2Si/c1-23-17-29-13-7-15-31(27-11-5-9-25(19-27)21-37)33(29)35(23)39(3,4)36-24(2)18-30-14-8-16-32(34(30)36)28-12-6-10-26(20-28)22-38/h5-20,35-36H,21-22,37-38H2,1-4H3. The Balaban J connectivity index is 1.51. The molecule has 4 aromatic rings. The first-order valence-corrected chi connectivity index (χ1v) is 17.2. The Labute approximate surface area is 234 Å². The number of nitrogens with two attached hydrogens (primary N) is 2. The SMILES string of the molecule is CC1=Cc2cccc(-c3cccc(CN)c3)c2C1[Si](C)(C)C1C(C)=Cc2cccc(-c3cccc(CN)c3)c21. The van der Waals surface area contributed by atoms with Gasteiger partial charge in [0.05, 0.1) is 8.07 Å². The second-order valence-corrected chi connectivity index (χ2v) is 16.7. The van der Waals surface area contributed by atoms with E-state index in [9.17, 15) is 0 Å². The zero-order valence-corrected chi connectivity index (χ0v) is 24.5. The highest BCUT2D eigenvalue weighted by Gasteiger charge is 2.48. The third kappa shape index (κ3) is 4.26. The normalized spacial score (nSPS) is 18.0. The van der Waals surface area contributed by atoms with Gasteiger partial charge in [-0.15, -0.1) is 0 Å². The summed E-state index contributed by atoms with van der Waals surface area (Å²) >= 11 is 0. The molecule has 2 atom stereocenters. The lowest BCUT2D eigenvalue weighted by atomic mass is 9.94. The van der Waals surface area contributed by atoms with Gasteiger partial charge in [-0.2, -0.15) is 0 Å². The third-order valence-electron chi connectivity index (χ3n) is 8.97. The van der Waals surface area contributed by atoms with Crippen LogP contribution in [-0.4, -0.2) is 8.07 Å². The summed E-state index contributed by atoms with van der Waals surface area (Å²) in [4.78, 5) is 0. The number of fused-ring (bicyclic) bond motifs is 2. The van der Waals surface area contributed by atoms with Crippen molar-refractivity contribution >= 4 is 20.2 Å². The van der Waals surface area contributed by atoms with Gasteiger partial charge in [-0.05, 0) is 81.6 Å². The number of hydrogen-bond donors (Lipinski definition) is 2. The fraction of sp³-hybridized carbons (Fsp3) is 0.222. The van der Waals surface area contributed by atoms with E-state index >= 15 is 0 Å². The van der Waals surface area contributed by atoms with E-state index in [1.807, 2.05) is 0 Å². The largest absolute Gasteiger partial charge is 0.326 e. The molecule has 2 unspecified atom stereocenters. The van der Waals surface area contributed by atoms with Gasteiger partial charge in [0.2, 0.25) is 0 Å². The molecule has 0 radical (unpaired) electrons. The molecule has 2 nitrogen and oxygen atoms in total. The summed E-state index contributed by atoms with van der Waals surface area (Å²) < 4.78 is 0. The molecule has 3 heteroatoms. The Kier molecular flexibility index (Phi) is 6.55. The predicted molar refractivity (Wildman–Crippen MR) is 170 cm³/mol. The summed E-state index contributed by atoms with van der Waals surface area (Å²) in [5.74, 6) is 0. The molecule has 0 fully saturated rings. The second kappa shape index (κ2) is 9.91. The molecule has 6 rings (SSSR count). The maximum Gasteiger partial charge on any atom is 0.0722 e. The molecule has 0 amide bonds. The number of rotatable bonds is 6. The quantitative estimate of drug-likeness (QED) is 0.248. The maximum absolute atomic E-state index is 6.04. The predicted octanol–water partition coefficient (Wildman–Crippen LogP) is 8.43. The molecule has 39 heavy (non-hydrogen) atoms. The monoisotopic (exact) mass is 526 g/mol. The van der Waals surface area contributed by atoms with Crippen molar-refractivity contribution in [3.8, 4) is 22.3 Å². The molecule has 2 aliphatic carbocycles. The van der Waals surface area contributed by atoms with Crippen LogP contribution in [0.2, 0.25) is 13.1 Å². The molecule has 0 bridgehead atoms. The van der Waals surface area contributed by atoms with Crippen LogP contribution < -0.4 is 11.5 Å². The first-order chi connectivity index (χ1) is 18.8. The van der Waals surface area contributed by atoms with Crippen LogP contribution in [0.25, 0.3) is 34.4 Å². The highest BCUT2D eigenvalue weighted by molar-refractivity contribution is 6.82. The van der Waals surface area contributed by atoms with E-state index in [-0.39, 0.29) is 0 Å². The number of benzene rings is 4. The van der Waals surface area contributed by atoms with Crippen molar-refractivity contribution in [2.75, 3.05) is 0 Å². The molecule has 0 saturated carbocycles.